The second-order valence-electron chi connectivity index (χ2n) is 23.2. The van der Waals surface area contributed by atoms with Gasteiger partial charge in [0, 0.05) is 0 Å². The minimum absolute atomic E-state index is 0.243. The number of hydrogen-bond acceptors (Lipinski definition) is 10. The first-order chi connectivity index (χ1) is 37.7. The van der Waals surface area contributed by atoms with Gasteiger partial charge < -0.3 is 50.5 Å². The fourth-order valence-corrected chi connectivity index (χ4v) is 10.6. The van der Waals surface area contributed by atoms with Gasteiger partial charge in [-0.15, -0.1) is 0 Å². The zero-order valence-corrected chi connectivity index (χ0v) is 50.0. The summed E-state index contributed by atoms with van der Waals surface area (Å²) in [7, 11) is 0. The fourth-order valence-electron chi connectivity index (χ4n) is 10.6. The van der Waals surface area contributed by atoms with Crippen molar-refractivity contribution < 1.29 is 50.0 Å². The van der Waals surface area contributed by atoms with Gasteiger partial charge in [-0.05, 0) is 64.2 Å². The number of rotatable bonds is 57. The molecule has 1 rings (SSSR count). The molecule has 1 saturated heterocycles. The summed E-state index contributed by atoms with van der Waals surface area (Å²) in [5.41, 5.74) is 0. The molecule has 8 N–H and O–H groups in total. The van der Waals surface area contributed by atoms with E-state index in [4.69, 9.17) is 9.47 Å². The van der Waals surface area contributed by atoms with Crippen LogP contribution in [0.3, 0.4) is 0 Å². The van der Waals surface area contributed by atoms with Crippen LogP contribution in [-0.4, -0.2) is 110 Å². The summed E-state index contributed by atoms with van der Waals surface area (Å²) >= 11 is 0. The smallest absolute Gasteiger partial charge is 0.249 e. The van der Waals surface area contributed by atoms with Crippen molar-refractivity contribution in [2.45, 2.75) is 364 Å². The summed E-state index contributed by atoms with van der Waals surface area (Å²) < 4.78 is 11.2. The van der Waals surface area contributed by atoms with Crippen LogP contribution >= 0.6 is 0 Å². The number of amides is 1. The number of aliphatic hydroxyl groups is 7. The number of unbranched alkanes of at least 4 members (excludes halogenated alkanes) is 39. The molecule has 9 atom stereocenters. The first kappa shape index (κ1) is 73.3. The number of hydrogen-bond donors (Lipinski definition) is 8. The maximum Gasteiger partial charge on any atom is 0.249 e. The molecule has 0 saturated carbocycles. The lowest BCUT2D eigenvalue weighted by atomic mass is 9.98. The summed E-state index contributed by atoms with van der Waals surface area (Å²) in [6.45, 7) is 3.48. The standard InChI is InChI=1S/C66H125NO10/c1-3-5-7-9-11-13-15-17-19-21-23-25-27-28-29-30-31-32-34-35-37-39-41-43-45-47-49-51-53-58(69)61(71)57(56-76-66-64(74)63(73)62(72)60(55-68)77-66)67-65(75)59(70)54-52-50-48-46-44-42-40-38-36-33-26-24-22-20-18-16-14-12-10-8-6-4-2/h31-32,37,39,45,47,57-64,66,68-74H,3-30,33-36,38,40-44,46,48-56H2,1-2H3,(H,67,75)/b32-31+,39-37+,47-45+. The van der Waals surface area contributed by atoms with Crippen LogP contribution in [0.2, 0.25) is 0 Å². The van der Waals surface area contributed by atoms with Crippen molar-refractivity contribution in [3.8, 4) is 0 Å². The molecule has 1 amide bonds. The van der Waals surface area contributed by atoms with E-state index >= 15 is 0 Å². The maximum absolute atomic E-state index is 13.2. The zero-order valence-electron chi connectivity index (χ0n) is 50.0. The van der Waals surface area contributed by atoms with Crippen molar-refractivity contribution in [2.75, 3.05) is 13.2 Å². The molecule has 11 nitrogen and oxygen atoms in total. The third-order valence-electron chi connectivity index (χ3n) is 15.9. The average molecular weight is 1090 g/mol. The van der Waals surface area contributed by atoms with Gasteiger partial charge in [0.1, 0.15) is 36.6 Å². The van der Waals surface area contributed by atoms with Gasteiger partial charge in [0.15, 0.2) is 6.29 Å². The Hall–Kier alpha value is -1.67. The zero-order chi connectivity index (χ0) is 56.1. The number of allylic oxidation sites excluding steroid dienone is 6. The Kier molecular flexibility index (Phi) is 52.3. The predicted octanol–water partition coefficient (Wildman–Crippen LogP) is 15.0. The summed E-state index contributed by atoms with van der Waals surface area (Å²) in [5, 5.41) is 76.3. The molecular weight excluding hydrogens is 967 g/mol. The Morgan fingerprint density at radius 2 is 0.779 bits per heavy atom. The molecular formula is C66H125NO10. The van der Waals surface area contributed by atoms with E-state index < -0.39 is 74.2 Å². The molecule has 0 aromatic rings. The summed E-state index contributed by atoms with van der Waals surface area (Å²) in [5.74, 6) is -0.707. The first-order valence-electron chi connectivity index (χ1n) is 32.9. The summed E-state index contributed by atoms with van der Waals surface area (Å²) in [4.78, 5) is 13.2. The quantitative estimate of drug-likeness (QED) is 0.0215. The van der Waals surface area contributed by atoms with Gasteiger partial charge >= 0.3 is 0 Å². The highest BCUT2D eigenvalue weighted by molar-refractivity contribution is 5.80. The highest BCUT2D eigenvalue weighted by Gasteiger charge is 2.44. The van der Waals surface area contributed by atoms with Crippen LogP contribution in [0.1, 0.15) is 309 Å². The minimum Gasteiger partial charge on any atom is -0.394 e. The van der Waals surface area contributed by atoms with Crippen molar-refractivity contribution in [1.29, 1.82) is 0 Å². The van der Waals surface area contributed by atoms with Gasteiger partial charge in [-0.3, -0.25) is 4.79 Å². The van der Waals surface area contributed by atoms with E-state index in [9.17, 15) is 40.5 Å². The van der Waals surface area contributed by atoms with E-state index in [2.05, 4.69) is 55.6 Å². The average Bonchev–Trinajstić information content (AvgIpc) is 3.43. The Labute approximate surface area is 473 Å². The lowest BCUT2D eigenvalue weighted by Gasteiger charge is -2.40. The Balaban J connectivity index is 2.28. The van der Waals surface area contributed by atoms with Gasteiger partial charge in [0.2, 0.25) is 5.91 Å². The van der Waals surface area contributed by atoms with Gasteiger partial charge in [0.25, 0.3) is 0 Å². The van der Waals surface area contributed by atoms with Gasteiger partial charge in [0.05, 0.1) is 25.4 Å². The predicted molar refractivity (Wildman–Crippen MR) is 321 cm³/mol. The van der Waals surface area contributed by atoms with Crippen LogP contribution in [0.25, 0.3) is 0 Å². The Bertz CT molecular complexity index is 1350. The number of nitrogens with one attached hydrogen (secondary N) is 1. The number of ether oxygens (including phenoxy) is 2. The van der Waals surface area contributed by atoms with Crippen molar-refractivity contribution in [3.05, 3.63) is 36.5 Å². The molecule has 1 aliphatic rings. The van der Waals surface area contributed by atoms with Gasteiger partial charge in [-0.1, -0.05) is 281 Å². The second-order valence-corrected chi connectivity index (χ2v) is 23.2. The second kappa shape index (κ2) is 54.9. The van der Waals surface area contributed by atoms with Crippen LogP contribution in [0, 0.1) is 0 Å². The third-order valence-corrected chi connectivity index (χ3v) is 15.9. The van der Waals surface area contributed by atoms with Crippen molar-refractivity contribution in [3.63, 3.8) is 0 Å². The van der Waals surface area contributed by atoms with Crippen molar-refractivity contribution in [2.24, 2.45) is 0 Å². The molecule has 1 aliphatic heterocycles. The Morgan fingerprint density at radius 1 is 0.442 bits per heavy atom. The topological polar surface area (TPSA) is 189 Å². The Morgan fingerprint density at radius 3 is 1.16 bits per heavy atom. The van der Waals surface area contributed by atoms with Gasteiger partial charge in [-0.2, -0.15) is 0 Å². The number of carbonyl (C=O) groups is 1. The van der Waals surface area contributed by atoms with Crippen molar-refractivity contribution >= 4 is 5.91 Å². The van der Waals surface area contributed by atoms with Gasteiger partial charge in [-0.25, -0.2) is 0 Å². The van der Waals surface area contributed by atoms with E-state index in [0.717, 1.165) is 44.9 Å². The molecule has 1 fully saturated rings. The highest BCUT2D eigenvalue weighted by Crippen LogP contribution is 2.24. The molecule has 9 unspecified atom stereocenters. The van der Waals surface area contributed by atoms with E-state index in [0.29, 0.717) is 19.3 Å². The first-order valence-corrected chi connectivity index (χ1v) is 32.9. The fraction of sp³-hybridized carbons (Fsp3) is 0.894. The van der Waals surface area contributed by atoms with E-state index in [1.54, 1.807) is 0 Å². The lowest BCUT2D eigenvalue weighted by Crippen LogP contribution is -2.60. The van der Waals surface area contributed by atoms with Crippen LogP contribution in [-0.2, 0) is 14.3 Å². The van der Waals surface area contributed by atoms with Crippen LogP contribution in [0.4, 0.5) is 0 Å². The molecule has 0 aromatic carbocycles. The largest absolute Gasteiger partial charge is 0.394 e. The summed E-state index contributed by atoms with van der Waals surface area (Å²) in [6, 6.07) is -1.19. The number of aliphatic hydroxyl groups excluding tert-OH is 7. The minimum atomic E-state index is -1.67. The van der Waals surface area contributed by atoms with E-state index in [1.165, 1.54) is 218 Å². The molecule has 0 radical (unpaired) electrons. The molecule has 11 heteroatoms. The molecule has 0 bridgehead atoms. The summed E-state index contributed by atoms with van der Waals surface area (Å²) in [6.07, 6.45) is 57.9. The van der Waals surface area contributed by atoms with Crippen LogP contribution in [0.15, 0.2) is 36.5 Å². The van der Waals surface area contributed by atoms with Crippen LogP contribution in [0.5, 0.6) is 0 Å². The molecule has 0 aliphatic carbocycles. The molecule has 77 heavy (non-hydrogen) atoms. The molecule has 0 aromatic heterocycles. The molecule has 1 heterocycles. The SMILES string of the molecule is CCCCCCCCCCCCCCCCC/C=C/CC/C=C/CC/C=C/CCCC(O)C(O)C(COC1OC(CO)C(O)C(O)C1O)NC(=O)C(O)CCCCCCCCCCCCCCCCCCCCCCCC. The number of carbonyl (C=O) groups excluding carboxylic acids is 1. The lowest BCUT2D eigenvalue weighted by molar-refractivity contribution is -0.303. The normalized spacial score (nSPS) is 19.7. The van der Waals surface area contributed by atoms with E-state index in [1.807, 2.05) is 0 Å². The van der Waals surface area contributed by atoms with Crippen LogP contribution < -0.4 is 5.32 Å². The maximum atomic E-state index is 13.2. The molecule has 0 spiro atoms. The monoisotopic (exact) mass is 1090 g/mol. The van der Waals surface area contributed by atoms with Crippen molar-refractivity contribution in [1.82, 2.24) is 5.32 Å². The highest BCUT2D eigenvalue weighted by atomic mass is 16.7. The van der Waals surface area contributed by atoms with E-state index in [-0.39, 0.29) is 12.8 Å². The third kappa shape index (κ3) is 42.8. The molecule has 454 valence electrons.